The van der Waals surface area contributed by atoms with Gasteiger partial charge in [0.15, 0.2) is 0 Å². The molecule has 1 aromatic carbocycles. The van der Waals surface area contributed by atoms with Crippen molar-refractivity contribution in [3.05, 3.63) is 35.9 Å². The van der Waals surface area contributed by atoms with Gasteiger partial charge in [0, 0.05) is 13.1 Å². The van der Waals surface area contributed by atoms with Gasteiger partial charge in [-0.25, -0.2) is 0 Å². The molecule has 1 heterocycles. The largest absolute Gasteiger partial charge is 0.369 e. The van der Waals surface area contributed by atoms with E-state index < -0.39 is 0 Å². The number of carbonyl (C=O) groups excluding carboxylic acids is 1. The summed E-state index contributed by atoms with van der Waals surface area (Å²) in [4.78, 5) is 13.6. The van der Waals surface area contributed by atoms with E-state index in [0.717, 1.165) is 26.1 Å². The highest BCUT2D eigenvalue weighted by atomic mass is 16.1. The summed E-state index contributed by atoms with van der Waals surface area (Å²) in [6.45, 7) is 4.59. The Hall–Kier alpha value is -1.35. The molecule has 1 saturated heterocycles. The van der Waals surface area contributed by atoms with E-state index in [2.05, 4.69) is 17.0 Å². The Morgan fingerprint density at radius 2 is 2.12 bits per heavy atom. The first-order valence-electron chi connectivity index (χ1n) is 5.66. The van der Waals surface area contributed by atoms with Crippen LogP contribution in [0.1, 0.15) is 18.9 Å². The number of nitrogens with zero attached hydrogens (tertiary/aromatic N) is 1. The van der Waals surface area contributed by atoms with E-state index in [0.29, 0.717) is 0 Å². The van der Waals surface area contributed by atoms with Crippen molar-refractivity contribution >= 4 is 5.91 Å². The number of amides is 1. The van der Waals surface area contributed by atoms with Crippen LogP contribution in [0.4, 0.5) is 0 Å². The smallest absolute Gasteiger partial charge is 0.224 e. The molecule has 0 radical (unpaired) electrons. The van der Waals surface area contributed by atoms with Crippen LogP contribution >= 0.6 is 0 Å². The SMILES string of the molecule is CC1(C(N)=O)CCN(Cc2ccccc2)C1. The van der Waals surface area contributed by atoms with Crippen LogP contribution in [-0.4, -0.2) is 23.9 Å². The summed E-state index contributed by atoms with van der Waals surface area (Å²) >= 11 is 0. The molecule has 0 aromatic heterocycles. The van der Waals surface area contributed by atoms with E-state index in [4.69, 9.17) is 5.73 Å². The minimum Gasteiger partial charge on any atom is -0.369 e. The predicted molar refractivity (Wildman–Crippen MR) is 63.6 cm³/mol. The van der Waals surface area contributed by atoms with Crippen molar-refractivity contribution in [2.45, 2.75) is 19.9 Å². The molecule has 1 aliphatic rings. The van der Waals surface area contributed by atoms with Crippen LogP contribution in [0.25, 0.3) is 0 Å². The highest BCUT2D eigenvalue weighted by molar-refractivity contribution is 5.81. The van der Waals surface area contributed by atoms with E-state index in [1.165, 1.54) is 5.56 Å². The number of primary amides is 1. The normalized spacial score (nSPS) is 25.8. The Morgan fingerprint density at radius 3 is 2.69 bits per heavy atom. The Kier molecular flexibility index (Phi) is 2.97. The van der Waals surface area contributed by atoms with Crippen LogP contribution in [0.3, 0.4) is 0 Å². The van der Waals surface area contributed by atoms with Crippen LogP contribution < -0.4 is 5.73 Å². The lowest BCUT2D eigenvalue weighted by Crippen LogP contribution is -2.36. The average molecular weight is 218 g/mol. The first-order valence-corrected chi connectivity index (χ1v) is 5.66. The fraction of sp³-hybridized carbons (Fsp3) is 0.462. The summed E-state index contributed by atoms with van der Waals surface area (Å²) in [5.74, 6) is -0.178. The summed E-state index contributed by atoms with van der Waals surface area (Å²) < 4.78 is 0. The predicted octanol–water partition coefficient (Wildman–Crippen LogP) is 1.38. The lowest BCUT2D eigenvalue weighted by Gasteiger charge is -2.20. The molecular formula is C13H18N2O. The molecule has 1 amide bonds. The topological polar surface area (TPSA) is 46.3 Å². The third kappa shape index (κ3) is 2.25. The third-order valence-corrected chi connectivity index (χ3v) is 3.40. The van der Waals surface area contributed by atoms with Crippen molar-refractivity contribution in [3.8, 4) is 0 Å². The van der Waals surface area contributed by atoms with Crippen molar-refractivity contribution in [3.63, 3.8) is 0 Å². The van der Waals surface area contributed by atoms with Crippen LogP contribution in [0.15, 0.2) is 30.3 Å². The van der Waals surface area contributed by atoms with Crippen molar-refractivity contribution in [2.75, 3.05) is 13.1 Å². The maximum atomic E-state index is 11.3. The number of carbonyl (C=O) groups is 1. The van der Waals surface area contributed by atoms with Gasteiger partial charge in [0.25, 0.3) is 0 Å². The highest BCUT2D eigenvalue weighted by Gasteiger charge is 2.38. The minimum atomic E-state index is -0.339. The molecule has 16 heavy (non-hydrogen) atoms. The average Bonchev–Trinajstić information content (AvgIpc) is 2.63. The summed E-state index contributed by atoms with van der Waals surface area (Å²) in [6, 6.07) is 10.3. The molecule has 1 atom stereocenters. The summed E-state index contributed by atoms with van der Waals surface area (Å²) in [6.07, 6.45) is 0.870. The molecule has 86 valence electrons. The standard InChI is InChI=1S/C13H18N2O/c1-13(12(14)16)7-8-15(10-13)9-11-5-3-2-4-6-11/h2-6H,7-10H2,1H3,(H2,14,16). The molecule has 3 heteroatoms. The van der Waals surface area contributed by atoms with Gasteiger partial charge in [-0.1, -0.05) is 30.3 Å². The Bertz CT molecular complexity index is 377. The van der Waals surface area contributed by atoms with Gasteiger partial charge in [0.2, 0.25) is 5.91 Å². The second-order valence-corrected chi connectivity index (χ2v) is 4.87. The Morgan fingerprint density at radius 1 is 1.44 bits per heavy atom. The van der Waals surface area contributed by atoms with Gasteiger partial charge >= 0.3 is 0 Å². The monoisotopic (exact) mass is 218 g/mol. The first kappa shape index (κ1) is 11.1. The summed E-state index contributed by atoms with van der Waals surface area (Å²) in [5, 5.41) is 0. The van der Waals surface area contributed by atoms with Gasteiger partial charge in [-0.3, -0.25) is 9.69 Å². The highest BCUT2D eigenvalue weighted by Crippen LogP contribution is 2.30. The molecule has 3 nitrogen and oxygen atoms in total. The van der Waals surface area contributed by atoms with Gasteiger partial charge in [0.05, 0.1) is 5.41 Å². The molecule has 1 unspecified atom stereocenters. The van der Waals surface area contributed by atoms with Crippen molar-refractivity contribution in [1.29, 1.82) is 0 Å². The van der Waals surface area contributed by atoms with Gasteiger partial charge in [-0.2, -0.15) is 0 Å². The zero-order valence-corrected chi connectivity index (χ0v) is 9.65. The number of nitrogens with two attached hydrogens (primary N) is 1. The number of hydrogen-bond donors (Lipinski definition) is 1. The maximum absolute atomic E-state index is 11.3. The zero-order valence-electron chi connectivity index (χ0n) is 9.65. The lowest BCUT2D eigenvalue weighted by molar-refractivity contribution is -0.126. The fourth-order valence-corrected chi connectivity index (χ4v) is 2.23. The van der Waals surface area contributed by atoms with Crippen LogP contribution in [-0.2, 0) is 11.3 Å². The molecule has 1 fully saturated rings. The first-order chi connectivity index (χ1) is 7.60. The molecule has 0 aliphatic carbocycles. The second kappa shape index (κ2) is 4.26. The van der Waals surface area contributed by atoms with Gasteiger partial charge in [0.1, 0.15) is 0 Å². The Labute approximate surface area is 96.2 Å². The molecule has 2 N–H and O–H groups in total. The number of benzene rings is 1. The fourth-order valence-electron chi connectivity index (χ4n) is 2.23. The van der Waals surface area contributed by atoms with E-state index in [-0.39, 0.29) is 11.3 Å². The van der Waals surface area contributed by atoms with E-state index >= 15 is 0 Å². The van der Waals surface area contributed by atoms with E-state index in [1.807, 2.05) is 25.1 Å². The summed E-state index contributed by atoms with van der Waals surface area (Å²) in [7, 11) is 0. The number of hydrogen-bond acceptors (Lipinski definition) is 2. The summed E-state index contributed by atoms with van der Waals surface area (Å²) in [5.41, 5.74) is 6.37. The maximum Gasteiger partial charge on any atom is 0.224 e. The van der Waals surface area contributed by atoms with Crippen LogP contribution in [0.2, 0.25) is 0 Å². The van der Waals surface area contributed by atoms with E-state index in [1.54, 1.807) is 0 Å². The zero-order chi connectivity index (χ0) is 11.6. The lowest BCUT2D eigenvalue weighted by atomic mass is 9.89. The van der Waals surface area contributed by atoms with Crippen molar-refractivity contribution < 1.29 is 4.79 Å². The molecule has 2 rings (SSSR count). The van der Waals surface area contributed by atoms with Crippen LogP contribution in [0.5, 0.6) is 0 Å². The number of rotatable bonds is 3. The molecule has 1 aliphatic heterocycles. The second-order valence-electron chi connectivity index (χ2n) is 4.87. The van der Waals surface area contributed by atoms with E-state index in [9.17, 15) is 4.79 Å². The van der Waals surface area contributed by atoms with Crippen molar-refractivity contribution in [1.82, 2.24) is 4.90 Å². The third-order valence-electron chi connectivity index (χ3n) is 3.40. The molecule has 0 spiro atoms. The molecule has 1 aromatic rings. The van der Waals surface area contributed by atoms with Crippen LogP contribution in [0, 0.1) is 5.41 Å². The quantitative estimate of drug-likeness (QED) is 0.833. The van der Waals surface area contributed by atoms with Gasteiger partial charge in [-0.15, -0.1) is 0 Å². The molecular weight excluding hydrogens is 200 g/mol. The molecule has 0 saturated carbocycles. The minimum absolute atomic E-state index is 0.178. The van der Waals surface area contributed by atoms with Gasteiger partial charge in [-0.05, 0) is 25.5 Å². The van der Waals surface area contributed by atoms with Gasteiger partial charge < -0.3 is 5.73 Å². The number of likely N-dealkylation sites (tertiary alicyclic amines) is 1. The molecule has 0 bridgehead atoms. The van der Waals surface area contributed by atoms with Crippen molar-refractivity contribution in [2.24, 2.45) is 11.1 Å². The Balaban J connectivity index is 1.98.